The number of esters is 1. The molecule has 1 unspecified atom stereocenters. The number of nitro groups is 1. The maximum absolute atomic E-state index is 12.6. The average Bonchev–Trinajstić information content (AvgIpc) is 2.75. The second-order valence-corrected chi connectivity index (χ2v) is 7.14. The Balaban J connectivity index is 1.70. The molecule has 8 nitrogen and oxygen atoms in total. The van der Waals surface area contributed by atoms with Gasteiger partial charge in [0.15, 0.2) is 6.10 Å². The Morgan fingerprint density at radius 2 is 1.77 bits per heavy atom. The van der Waals surface area contributed by atoms with Crippen LogP contribution in [0.1, 0.15) is 17.3 Å². The third kappa shape index (κ3) is 5.21. The molecule has 0 fully saturated rings. The Bertz CT molecular complexity index is 1080. The number of aromatic nitrogens is 1. The molecule has 1 atom stereocenters. The van der Waals surface area contributed by atoms with E-state index < -0.39 is 22.9 Å². The number of hydrogen-bond donors (Lipinski definition) is 1. The van der Waals surface area contributed by atoms with Crippen LogP contribution < -0.4 is 5.32 Å². The second-order valence-electron chi connectivity index (χ2n) is 6.08. The zero-order valence-corrected chi connectivity index (χ0v) is 16.7. The standard InChI is InChI=1S/C21H17N3O5S/c1-14(19(25)23-17-11-5-6-12-18(17)24(27)28)29-21(26)16-10-7-13-22-20(16)30-15-8-3-2-4-9-15/h2-14H,1H3,(H,23,25). The fourth-order valence-corrected chi connectivity index (χ4v) is 3.37. The minimum absolute atomic E-state index is 0.0251. The summed E-state index contributed by atoms with van der Waals surface area (Å²) in [6.07, 6.45) is 0.388. The summed E-state index contributed by atoms with van der Waals surface area (Å²) in [5.41, 5.74) is -0.00743. The van der Waals surface area contributed by atoms with E-state index in [1.54, 1.807) is 24.4 Å². The molecule has 152 valence electrons. The van der Waals surface area contributed by atoms with E-state index in [2.05, 4.69) is 10.3 Å². The van der Waals surface area contributed by atoms with Crippen molar-refractivity contribution < 1.29 is 19.2 Å². The van der Waals surface area contributed by atoms with Crippen LogP contribution in [0.5, 0.6) is 0 Å². The molecule has 3 aromatic rings. The molecular formula is C21H17N3O5S. The van der Waals surface area contributed by atoms with E-state index in [1.807, 2.05) is 30.3 Å². The van der Waals surface area contributed by atoms with Crippen LogP contribution in [0.25, 0.3) is 0 Å². The van der Waals surface area contributed by atoms with Crippen LogP contribution in [0.4, 0.5) is 11.4 Å². The van der Waals surface area contributed by atoms with E-state index in [0.717, 1.165) is 4.90 Å². The Kier molecular flexibility index (Phi) is 6.76. The second kappa shape index (κ2) is 9.66. The van der Waals surface area contributed by atoms with Gasteiger partial charge in [-0.25, -0.2) is 9.78 Å². The highest BCUT2D eigenvalue weighted by atomic mass is 32.2. The molecule has 0 saturated carbocycles. The zero-order valence-electron chi connectivity index (χ0n) is 15.8. The molecule has 0 spiro atoms. The van der Waals surface area contributed by atoms with Crippen LogP contribution in [-0.2, 0) is 9.53 Å². The van der Waals surface area contributed by atoms with Crippen molar-refractivity contribution in [2.45, 2.75) is 22.9 Å². The molecule has 1 amide bonds. The predicted molar refractivity (Wildman–Crippen MR) is 111 cm³/mol. The van der Waals surface area contributed by atoms with Gasteiger partial charge >= 0.3 is 5.97 Å². The number of rotatable bonds is 7. The molecule has 0 saturated heterocycles. The van der Waals surface area contributed by atoms with E-state index in [0.29, 0.717) is 5.03 Å². The van der Waals surface area contributed by atoms with Crippen LogP contribution in [0.15, 0.2) is 82.8 Å². The quantitative estimate of drug-likeness (QED) is 0.342. The third-order valence-electron chi connectivity index (χ3n) is 3.96. The highest BCUT2D eigenvalue weighted by molar-refractivity contribution is 7.99. The SMILES string of the molecule is CC(OC(=O)c1cccnc1Sc1ccccc1)C(=O)Nc1ccccc1[N+](=O)[O-]. The van der Waals surface area contributed by atoms with Crippen LogP contribution in [-0.4, -0.2) is 27.9 Å². The summed E-state index contributed by atoms with van der Waals surface area (Å²) in [6, 6.07) is 18.3. The largest absolute Gasteiger partial charge is 0.449 e. The molecule has 0 aliphatic rings. The van der Waals surface area contributed by atoms with Crippen LogP contribution in [0, 0.1) is 10.1 Å². The number of hydrogen-bond acceptors (Lipinski definition) is 7. The van der Waals surface area contributed by atoms with E-state index in [1.165, 1.54) is 36.9 Å². The number of pyridine rings is 1. The first-order valence-corrected chi connectivity index (χ1v) is 9.70. The van der Waals surface area contributed by atoms with Crippen LogP contribution in [0.2, 0.25) is 0 Å². The molecular weight excluding hydrogens is 406 g/mol. The van der Waals surface area contributed by atoms with E-state index in [9.17, 15) is 19.7 Å². The van der Waals surface area contributed by atoms with Crippen molar-refractivity contribution in [1.82, 2.24) is 4.98 Å². The Labute approximate surface area is 176 Å². The lowest BCUT2D eigenvalue weighted by Crippen LogP contribution is -2.30. The Morgan fingerprint density at radius 1 is 1.07 bits per heavy atom. The van der Waals surface area contributed by atoms with Crippen LogP contribution in [0.3, 0.4) is 0 Å². The average molecular weight is 423 g/mol. The lowest BCUT2D eigenvalue weighted by molar-refractivity contribution is -0.383. The number of amides is 1. The Morgan fingerprint density at radius 3 is 2.50 bits per heavy atom. The summed E-state index contributed by atoms with van der Waals surface area (Å²) < 4.78 is 5.27. The molecule has 9 heteroatoms. The molecule has 3 rings (SSSR count). The number of carbonyl (C=O) groups is 2. The van der Waals surface area contributed by atoms with Gasteiger partial charge in [-0.1, -0.05) is 42.1 Å². The fraction of sp³-hybridized carbons (Fsp3) is 0.0952. The van der Waals surface area contributed by atoms with E-state index >= 15 is 0 Å². The first kappa shape index (κ1) is 21.0. The van der Waals surface area contributed by atoms with Gasteiger partial charge in [-0.05, 0) is 37.3 Å². The summed E-state index contributed by atoms with van der Waals surface area (Å²) >= 11 is 1.30. The fourth-order valence-electron chi connectivity index (χ4n) is 2.48. The summed E-state index contributed by atoms with van der Waals surface area (Å²) in [4.78, 5) is 40.6. The molecule has 1 heterocycles. The van der Waals surface area contributed by atoms with Crippen molar-refractivity contribution in [3.63, 3.8) is 0 Å². The number of benzene rings is 2. The van der Waals surface area contributed by atoms with Gasteiger partial charge in [0.2, 0.25) is 0 Å². The van der Waals surface area contributed by atoms with Crippen molar-refractivity contribution >= 4 is 35.0 Å². The normalized spacial score (nSPS) is 11.4. The van der Waals surface area contributed by atoms with Crippen molar-refractivity contribution in [1.29, 1.82) is 0 Å². The molecule has 0 radical (unpaired) electrons. The van der Waals surface area contributed by atoms with Crippen molar-refractivity contribution in [2.75, 3.05) is 5.32 Å². The summed E-state index contributed by atoms with van der Waals surface area (Å²) in [6.45, 7) is 1.39. The number of carbonyl (C=O) groups excluding carboxylic acids is 2. The lowest BCUT2D eigenvalue weighted by Gasteiger charge is -2.14. The number of anilines is 1. The summed E-state index contributed by atoms with van der Waals surface area (Å²) in [7, 11) is 0. The van der Waals surface area contributed by atoms with Gasteiger partial charge in [0, 0.05) is 17.2 Å². The number of nitrogens with zero attached hydrogens (tertiary/aromatic N) is 2. The first-order chi connectivity index (χ1) is 14.5. The topological polar surface area (TPSA) is 111 Å². The van der Waals surface area contributed by atoms with Gasteiger partial charge in [-0.15, -0.1) is 0 Å². The van der Waals surface area contributed by atoms with Gasteiger partial charge < -0.3 is 10.1 Å². The smallest absolute Gasteiger partial charge is 0.341 e. The number of ether oxygens (including phenoxy) is 1. The molecule has 0 aliphatic carbocycles. The van der Waals surface area contributed by atoms with Crippen molar-refractivity contribution in [3.8, 4) is 0 Å². The molecule has 0 aliphatic heterocycles. The minimum Gasteiger partial charge on any atom is -0.449 e. The molecule has 0 bridgehead atoms. The summed E-state index contributed by atoms with van der Waals surface area (Å²) in [5.74, 6) is -1.40. The van der Waals surface area contributed by atoms with Gasteiger partial charge in [0.1, 0.15) is 10.7 Å². The number of para-hydroxylation sites is 2. The van der Waals surface area contributed by atoms with Crippen LogP contribution >= 0.6 is 11.8 Å². The minimum atomic E-state index is -1.17. The maximum Gasteiger partial charge on any atom is 0.341 e. The highest BCUT2D eigenvalue weighted by Crippen LogP contribution is 2.29. The molecule has 1 N–H and O–H groups in total. The van der Waals surface area contributed by atoms with E-state index in [4.69, 9.17) is 4.74 Å². The monoisotopic (exact) mass is 423 g/mol. The van der Waals surface area contributed by atoms with Gasteiger partial charge in [0.05, 0.1) is 10.5 Å². The Hall–Kier alpha value is -3.72. The van der Waals surface area contributed by atoms with Gasteiger partial charge in [-0.2, -0.15) is 0 Å². The van der Waals surface area contributed by atoms with Gasteiger partial charge in [-0.3, -0.25) is 14.9 Å². The zero-order chi connectivity index (χ0) is 21.5. The van der Waals surface area contributed by atoms with E-state index in [-0.39, 0.29) is 16.9 Å². The number of nitro benzene ring substituents is 1. The first-order valence-electron chi connectivity index (χ1n) is 8.89. The third-order valence-corrected chi connectivity index (χ3v) is 4.99. The predicted octanol–water partition coefficient (Wildman–Crippen LogP) is 4.33. The van der Waals surface area contributed by atoms with Crippen molar-refractivity contribution in [3.05, 3.63) is 88.6 Å². The highest BCUT2D eigenvalue weighted by Gasteiger charge is 2.24. The summed E-state index contributed by atoms with van der Waals surface area (Å²) in [5, 5.41) is 14.0. The maximum atomic E-state index is 12.6. The van der Waals surface area contributed by atoms with Crippen molar-refractivity contribution in [2.24, 2.45) is 0 Å². The molecule has 2 aromatic carbocycles. The number of nitrogens with one attached hydrogen (secondary N) is 1. The lowest BCUT2D eigenvalue weighted by atomic mass is 10.2. The molecule has 30 heavy (non-hydrogen) atoms. The van der Waals surface area contributed by atoms with Gasteiger partial charge in [0.25, 0.3) is 11.6 Å². The molecule has 1 aromatic heterocycles.